The van der Waals surface area contributed by atoms with E-state index in [1.807, 2.05) is 30.3 Å². The second-order valence-electron chi connectivity index (χ2n) is 7.38. The number of benzene rings is 1. The molecule has 1 aliphatic carbocycles. The molecule has 5 heteroatoms. The van der Waals surface area contributed by atoms with Crippen LogP contribution in [0.2, 0.25) is 0 Å². The molecule has 2 amide bonds. The Morgan fingerprint density at radius 1 is 1.04 bits per heavy atom. The molecule has 0 unspecified atom stereocenters. The van der Waals surface area contributed by atoms with Gasteiger partial charge in [0.05, 0.1) is 25.7 Å². The number of likely N-dealkylation sites (tertiary alicyclic amines) is 1. The number of rotatable bonds is 4. The van der Waals surface area contributed by atoms with Crippen LogP contribution in [0.25, 0.3) is 0 Å². The van der Waals surface area contributed by atoms with E-state index in [0.717, 1.165) is 51.1 Å². The van der Waals surface area contributed by atoms with Crippen LogP contribution in [0.1, 0.15) is 31.2 Å². The van der Waals surface area contributed by atoms with Gasteiger partial charge in [-0.1, -0.05) is 36.4 Å². The molecule has 0 saturated carbocycles. The Kier molecular flexibility index (Phi) is 5.07. The van der Waals surface area contributed by atoms with Gasteiger partial charge in [-0.3, -0.25) is 14.5 Å². The first-order valence-corrected chi connectivity index (χ1v) is 9.65. The first-order valence-electron chi connectivity index (χ1n) is 9.65. The lowest BCUT2D eigenvalue weighted by atomic mass is 9.80. The highest BCUT2D eigenvalue weighted by Crippen LogP contribution is 2.39. The Morgan fingerprint density at radius 2 is 1.81 bits per heavy atom. The third-order valence-electron chi connectivity index (χ3n) is 5.78. The minimum absolute atomic E-state index is 0.00455. The largest absolute Gasteiger partial charge is 0.378 e. The number of carbonyl (C=O) groups excluding carboxylic acids is 2. The zero-order valence-corrected chi connectivity index (χ0v) is 15.1. The van der Waals surface area contributed by atoms with Crippen LogP contribution in [0.15, 0.2) is 42.1 Å². The van der Waals surface area contributed by atoms with E-state index in [2.05, 4.69) is 11.0 Å². The van der Waals surface area contributed by atoms with Crippen LogP contribution in [0.3, 0.4) is 0 Å². The maximum absolute atomic E-state index is 13.1. The summed E-state index contributed by atoms with van der Waals surface area (Å²) in [6.07, 6.45) is 5.78. The van der Waals surface area contributed by atoms with Crippen molar-refractivity contribution in [1.82, 2.24) is 9.80 Å². The number of hydrogen-bond acceptors (Lipinski definition) is 4. The maximum atomic E-state index is 13.1. The van der Waals surface area contributed by atoms with Gasteiger partial charge in [-0.15, -0.1) is 0 Å². The summed E-state index contributed by atoms with van der Waals surface area (Å²) in [5, 5.41) is 0. The van der Waals surface area contributed by atoms with Gasteiger partial charge in [0.25, 0.3) is 0 Å². The van der Waals surface area contributed by atoms with Crippen LogP contribution >= 0.6 is 0 Å². The molecule has 5 nitrogen and oxygen atoms in total. The Bertz CT molecular complexity index is 694. The number of nitrogens with zero attached hydrogens (tertiary/aromatic N) is 2. The summed E-state index contributed by atoms with van der Waals surface area (Å²) >= 11 is 0. The molecule has 0 N–H and O–H groups in total. The van der Waals surface area contributed by atoms with Gasteiger partial charge in [-0.05, 0) is 24.8 Å². The first kappa shape index (κ1) is 17.3. The van der Waals surface area contributed by atoms with Crippen LogP contribution in [0, 0.1) is 11.8 Å². The van der Waals surface area contributed by atoms with Crippen molar-refractivity contribution in [2.24, 2.45) is 11.8 Å². The summed E-state index contributed by atoms with van der Waals surface area (Å²) in [6, 6.07) is 9.76. The fraction of sp³-hybridized carbons (Fsp3) is 0.524. The average molecular weight is 354 g/mol. The minimum atomic E-state index is -0.208. The van der Waals surface area contributed by atoms with Crippen LogP contribution in [-0.4, -0.2) is 47.9 Å². The minimum Gasteiger partial charge on any atom is -0.378 e. The van der Waals surface area contributed by atoms with Crippen molar-refractivity contribution in [1.29, 1.82) is 0 Å². The van der Waals surface area contributed by atoms with E-state index in [9.17, 15) is 9.59 Å². The summed E-state index contributed by atoms with van der Waals surface area (Å²) in [5.41, 5.74) is 2.27. The summed E-state index contributed by atoms with van der Waals surface area (Å²) < 4.78 is 5.47. The molecule has 2 atom stereocenters. The lowest BCUT2D eigenvalue weighted by Crippen LogP contribution is -2.41. The van der Waals surface area contributed by atoms with E-state index in [4.69, 9.17) is 4.74 Å². The number of hydrogen-bond donors (Lipinski definition) is 0. The molecule has 0 spiro atoms. The molecule has 2 saturated heterocycles. The Hall–Kier alpha value is -2.14. The van der Waals surface area contributed by atoms with Crippen LogP contribution in [0.5, 0.6) is 0 Å². The molecular weight excluding hydrogens is 328 g/mol. The molecule has 0 radical (unpaired) electrons. The van der Waals surface area contributed by atoms with Gasteiger partial charge in [-0.2, -0.15) is 0 Å². The van der Waals surface area contributed by atoms with E-state index in [0.29, 0.717) is 13.0 Å². The fourth-order valence-corrected chi connectivity index (χ4v) is 4.43. The number of ether oxygens (including phenoxy) is 1. The number of allylic oxidation sites excluding steroid dienone is 2. The van der Waals surface area contributed by atoms with E-state index in [1.54, 1.807) is 0 Å². The lowest BCUT2D eigenvalue weighted by Gasteiger charge is -2.38. The van der Waals surface area contributed by atoms with Gasteiger partial charge in [0.2, 0.25) is 11.8 Å². The molecule has 0 aromatic heterocycles. The molecule has 2 heterocycles. The van der Waals surface area contributed by atoms with Gasteiger partial charge in [0.1, 0.15) is 0 Å². The molecule has 2 aliphatic heterocycles. The van der Waals surface area contributed by atoms with Gasteiger partial charge < -0.3 is 9.64 Å². The number of imide groups is 1. The van der Waals surface area contributed by atoms with Crippen LogP contribution in [-0.2, 0) is 20.9 Å². The van der Waals surface area contributed by atoms with Gasteiger partial charge in [0, 0.05) is 31.1 Å². The summed E-state index contributed by atoms with van der Waals surface area (Å²) in [7, 11) is 0. The molecular formula is C21H26N2O3. The van der Waals surface area contributed by atoms with Crippen molar-refractivity contribution >= 4 is 11.8 Å². The number of morpholine rings is 1. The zero-order chi connectivity index (χ0) is 17.9. The molecule has 2 fully saturated rings. The topological polar surface area (TPSA) is 49.9 Å². The predicted molar refractivity (Wildman–Crippen MR) is 97.9 cm³/mol. The van der Waals surface area contributed by atoms with Gasteiger partial charge >= 0.3 is 0 Å². The first-order chi connectivity index (χ1) is 12.7. The highest BCUT2D eigenvalue weighted by atomic mass is 16.5. The lowest BCUT2D eigenvalue weighted by molar-refractivity contribution is -0.140. The number of amides is 2. The molecule has 26 heavy (non-hydrogen) atoms. The predicted octanol–water partition coefficient (Wildman–Crippen LogP) is 2.58. The van der Waals surface area contributed by atoms with Crippen LogP contribution < -0.4 is 0 Å². The SMILES string of the molecule is O=C1C[C@H]([C@@H]2CCCC=C2N2CCOCC2)C(=O)N1Cc1ccccc1. The Balaban J connectivity index is 1.51. The zero-order valence-electron chi connectivity index (χ0n) is 15.1. The second kappa shape index (κ2) is 7.62. The van der Waals surface area contributed by atoms with Crippen molar-refractivity contribution in [3.05, 3.63) is 47.7 Å². The second-order valence-corrected chi connectivity index (χ2v) is 7.38. The third kappa shape index (κ3) is 3.40. The molecule has 4 rings (SSSR count). The van der Waals surface area contributed by atoms with Crippen LogP contribution in [0.4, 0.5) is 0 Å². The summed E-state index contributed by atoms with van der Waals surface area (Å²) in [4.78, 5) is 29.5. The Labute approximate surface area is 154 Å². The van der Waals surface area contributed by atoms with Crippen molar-refractivity contribution in [2.45, 2.75) is 32.2 Å². The van der Waals surface area contributed by atoms with Crippen molar-refractivity contribution in [2.75, 3.05) is 26.3 Å². The third-order valence-corrected chi connectivity index (χ3v) is 5.78. The van der Waals surface area contributed by atoms with Gasteiger partial charge in [0.15, 0.2) is 0 Å². The molecule has 0 bridgehead atoms. The van der Waals surface area contributed by atoms with E-state index in [1.165, 1.54) is 10.6 Å². The average Bonchev–Trinajstić information content (AvgIpc) is 2.98. The van der Waals surface area contributed by atoms with E-state index in [-0.39, 0.29) is 23.7 Å². The Morgan fingerprint density at radius 3 is 2.58 bits per heavy atom. The molecule has 1 aromatic carbocycles. The molecule has 1 aromatic rings. The normalized spacial score (nSPS) is 27.0. The van der Waals surface area contributed by atoms with Gasteiger partial charge in [-0.25, -0.2) is 0 Å². The highest BCUT2D eigenvalue weighted by Gasteiger charge is 2.45. The smallest absolute Gasteiger partial charge is 0.233 e. The van der Waals surface area contributed by atoms with E-state index >= 15 is 0 Å². The monoisotopic (exact) mass is 354 g/mol. The standard InChI is InChI=1S/C21H26N2O3/c24-20-14-18(21(25)23(20)15-16-6-2-1-3-7-16)17-8-4-5-9-19(17)22-10-12-26-13-11-22/h1-3,6-7,9,17-18H,4-5,8,10-15H2/t17-,18+/m0/s1. The maximum Gasteiger partial charge on any atom is 0.233 e. The van der Waals surface area contributed by atoms with E-state index < -0.39 is 0 Å². The summed E-state index contributed by atoms with van der Waals surface area (Å²) in [5.74, 6) is -0.0691. The van der Waals surface area contributed by atoms with Crippen molar-refractivity contribution in [3.63, 3.8) is 0 Å². The quantitative estimate of drug-likeness (QED) is 0.780. The number of carbonyl (C=O) groups is 2. The molecule has 3 aliphatic rings. The molecule has 138 valence electrons. The summed E-state index contributed by atoms with van der Waals surface area (Å²) in [6.45, 7) is 3.62. The van der Waals surface area contributed by atoms with Crippen molar-refractivity contribution < 1.29 is 14.3 Å². The van der Waals surface area contributed by atoms with Crippen molar-refractivity contribution in [3.8, 4) is 0 Å². The highest BCUT2D eigenvalue weighted by molar-refractivity contribution is 6.03. The fourth-order valence-electron chi connectivity index (χ4n) is 4.43.